The monoisotopic (exact) mass is 354 g/mol. The van der Waals surface area contributed by atoms with Crippen LogP contribution < -0.4 is 0 Å². The molecule has 4 heteroatoms. The number of hydrogen-bond acceptors (Lipinski definition) is 4. The lowest BCUT2D eigenvalue weighted by Gasteiger charge is -1.92. The van der Waals surface area contributed by atoms with E-state index in [1.165, 1.54) is 12.2 Å². The zero-order valence-corrected chi connectivity index (χ0v) is 15.3. The molecule has 138 valence electrons. The van der Waals surface area contributed by atoms with Gasteiger partial charge in [-0.3, -0.25) is 0 Å². The lowest BCUT2D eigenvalue weighted by atomic mass is 10.3. The lowest BCUT2D eigenvalue weighted by molar-refractivity contribution is -0.138. The van der Waals surface area contributed by atoms with Gasteiger partial charge >= 0.3 is 11.9 Å². The van der Waals surface area contributed by atoms with Crippen LogP contribution in [-0.2, 0) is 19.1 Å². The fourth-order valence-corrected chi connectivity index (χ4v) is 1.42. The van der Waals surface area contributed by atoms with Crippen LogP contribution in [0, 0.1) is 0 Å². The van der Waals surface area contributed by atoms with E-state index in [1.54, 1.807) is 38.2 Å². The number of rotatable bonds is 11. The largest absolute Gasteiger partial charge is 0.463 e. The number of allylic oxidation sites excluding steroid dienone is 14. The zero-order valence-electron chi connectivity index (χ0n) is 15.3. The van der Waals surface area contributed by atoms with Gasteiger partial charge in [-0.15, -0.1) is 0 Å². The molecule has 0 amide bonds. The van der Waals surface area contributed by atoms with E-state index in [2.05, 4.69) is 0 Å². The Morgan fingerprint density at radius 1 is 0.500 bits per heavy atom. The second-order valence-electron chi connectivity index (χ2n) is 4.53. The molecule has 0 bridgehead atoms. The van der Waals surface area contributed by atoms with Gasteiger partial charge in [-0.05, 0) is 13.8 Å². The smallest absolute Gasteiger partial charge is 0.330 e. The van der Waals surface area contributed by atoms with E-state index in [0.29, 0.717) is 13.2 Å². The number of ether oxygens (including phenoxy) is 2. The van der Waals surface area contributed by atoms with Crippen molar-refractivity contribution in [2.24, 2.45) is 0 Å². The first-order valence-corrected chi connectivity index (χ1v) is 8.39. The lowest BCUT2D eigenvalue weighted by Crippen LogP contribution is -1.98. The molecule has 0 spiro atoms. The van der Waals surface area contributed by atoms with Crippen molar-refractivity contribution in [1.82, 2.24) is 0 Å². The minimum atomic E-state index is -0.343. The van der Waals surface area contributed by atoms with Crippen molar-refractivity contribution in [3.63, 3.8) is 0 Å². The third-order valence-corrected chi connectivity index (χ3v) is 2.48. The van der Waals surface area contributed by atoms with Crippen molar-refractivity contribution in [3.05, 3.63) is 97.2 Å². The van der Waals surface area contributed by atoms with Crippen molar-refractivity contribution in [1.29, 1.82) is 0 Å². The van der Waals surface area contributed by atoms with Gasteiger partial charge in [0.2, 0.25) is 0 Å². The highest BCUT2D eigenvalue weighted by atomic mass is 16.5. The Morgan fingerprint density at radius 3 is 0.962 bits per heavy atom. The second kappa shape index (κ2) is 18.2. The highest BCUT2D eigenvalue weighted by Gasteiger charge is 1.90. The molecule has 0 aliphatic carbocycles. The molecule has 26 heavy (non-hydrogen) atoms. The standard InChI is InChI=1S/C22H26O4/c1-3-25-21(23)19-17-15-13-11-9-7-5-6-8-10-12-14-16-18-20-22(24)26-4-2/h5-20H,3-4H2,1-2H3/b7-5+,8-6+,11-9+,12-10+,15-13+,16-14+,19-17+,20-18+. The predicted molar refractivity (Wildman–Crippen MR) is 106 cm³/mol. The minimum Gasteiger partial charge on any atom is -0.463 e. The van der Waals surface area contributed by atoms with E-state index in [9.17, 15) is 9.59 Å². The Hall–Kier alpha value is -3.14. The first-order valence-electron chi connectivity index (χ1n) is 8.39. The first kappa shape index (κ1) is 22.9. The Kier molecular flexibility index (Phi) is 16.0. The summed E-state index contributed by atoms with van der Waals surface area (Å²) in [6, 6.07) is 0. The molecule has 0 aromatic carbocycles. The van der Waals surface area contributed by atoms with Gasteiger partial charge in [0.25, 0.3) is 0 Å². The van der Waals surface area contributed by atoms with Gasteiger partial charge in [0.15, 0.2) is 0 Å². The molecule has 0 rings (SSSR count). The van der Waals surface area contributed by atoms with Crippen LogP contribution in [0.25, 0.3) is 0 Å². The molecule has 0 aliphatic rings. The summed E-state index contributed by atoms with van der Waals surface area (Å²) >= 11 is 0. The van der Waals surface area contributed by atoms with E-state index in [4.69, 9.17) is 9.47 Å². The Labute approximate surface area is 155 Å². The molecule has 0 saturated carbocycles. The predicted octanol–water partition coefficient (Wildman–Crippen LogP) is 4.56. The van der Waals surface area contributed by atoms with Gasteiger partial charge in [-0.25, -0.2) is 9.59 Å². The average Bonchev–Trinajstić information content (AvgIpc) is 2.61. The van der Waals surface area contributed by atoms with Crippen molar-refractivity contribution < 1.29 is 19.1 Å². The zero-order chi connectivity index (χ0) is 19.3. The molecule has 0 fully saturated rings. The van der Waals surface area contributed by atoms with Crippen LogP contribution in [0.3, 0.4) is 0 Å². The first-order chi connectivity index (χ1) is 12.7. The SMILES string of the molecule is CCOC(=O)/C=C/C=C/C=C/C=C/C=C/C=C/C=C/C=C/C(=O)OCC. The highest BCUT2D eigenvalue weighted by molar-refractivity contribution is 5.82. The summed E-state index contributed by atoms with van der Waals surface area (Å²) in [7, 11) is 0. The summed E-state index contributed by atoms with van der Waals surface area (Å²) in [6.45, 7) is 4.29. The minimum absolute atomic E-state index is 0.343. The normalized spacial score (nSPS) is 13.2. The topological polar surface area (TPSA) is 52.6 Å². The van der Waals surface area contributed by atoms with E-state index in [1.807, 2.05) is 60.8 Å². The van der Waals surface area contributed by atoms with Crippen LogP contribution in [0.2, 0.25) is 0 Å². The van der Waals surface area contributed by atoms with Gasteiger partial charge in [0.05, 0.1) is 13.2 Å². The third kappa shape index (κ3) is 17.2. The summed E-state index contributed by atoms with van der Waals surface area (Å²) in [5.41, 5.74) is 0. The molecule has 0 aliphatic heterocycles. The molecule has 0 atom stereocenters. The summed E-state index contributed by atoms with van der Waals surface area (Å²) in [5.74, 6) is -0.687. The van der Waals surface area contributed by atoms with Crippen molar-refractivity contribution in [2.45, 2.75) is 13.8 Å². The number of esters is 2. The van der Waals surface area contributed by atoms with Gasteiger partial charge in [-0.2, -0.15) is 0 Å². The number of hydrogen-bond donors (Lipinski definition) is 0. The Balaban J connectivity index is 3.96. The molecule has 0 N–H and O–H groups in total. The quantitative estimate of drug-likeness (QED) is 0.310. The summed E-state index contributed by atoms with van der Waals surface area (Å²) in [6.07, 6.45) is 28.2. The van der Waals surface area contributed by atoms with Crippen molar-refractivity contribution in [3.8, 4) is 0 Å². The Bertz CT molecular complexity index is 571. The van der Waals surface area contributed by atoms with Crippen LogP contribution in [0.5, 0.6) is 0 Å². The van der Waals surface area contributed by atoms with Crippen molar-refractivity contribution in [2.75, 3.05) is 13.2 Å². The molecule has 0 heterocycles. The summed E-state index contributed by atoms with van der Waals surface area (Å²) in [5, 5.41) is 0. The van der Waals surface area contributed by atoms with Gasteiger partial charge in [0, 0.05) is 12.2 Å². The summed E-state index contributed by atoms with van der Waals surface area (Å²) < 4.78 is 9.50. The fourth-order valence-electron chi connectivity index (χ4n) is 1.42. The van der Waals surface area contributed by atoms with E-state index in [0.717, 1.165) is 0 Å². The molecular formula is C22H26O4. The van der Waals surface area contributed by atoms with Crippen LogP contribution in [0.1, 0.15) is 13.8 Å². The maximum absolute atomic E-state index is 11.0. The average molecular weight is 354 g/mol. The maximum Gasteiger partial charge on any atom is 0.330 e. The van der Waals surface area contributed by atoms with Crippen LogP contribution >= 0.6 is 0 Å². The molecule has 0 radical (unpaired) electrons. The van der Waals surface area contributed by atoms with Crippen LogP contribution in [-0.4, -0.2) is 25.2 Å². The third-order valence-electron chi connectivity index (χ3n) is 2.48. The van der Waals surface area contributed by atoms with E-state index >= 15 is 0 Å². The summed E-state index contributed by atoms with van der Waals surface area (Å²) in [4.78, 5) is 22.0. The van der Waals surface area contributed by atoms with Crippen LogP contribution in [0.4, 0.5) is 0 Å². The van der Waals surface area contributed by atoms with Crippen LogP contribution in [0.15, 0.2) is 97.2 Å². The molecular weight excluding hydrogens is 328 g/mol. The van der Waals surface area contributed by atoms with Gasteiger partial charge in [-0.1, -0.05) is 85.1 Å². The molecule has 0 saturated heterocycles. The number of carbonyl (C=O) groups excluding carboxylic acids is 2. The molecule has 0 aromatic heterocycles. The van der Waals surface area contributed by atoms with E-state index in [-0.39, 0.29) is 11.9 Å². The van der Waals surface area contributed by atoms with Gasteiger partial charge < -0.3 is 9.47 Å². The fraction of sp³-hybridized carbons (Fsp3) is 0.182. The molecule has 0 unspecified atom stereocenters. The highest BCUT2D eigenvalue weighted by Crippen LogP contribution is 1.87. The second-order valence-corrected chi connectivity index (χ2v) is 4.53. The molecule has 0 aromatic rings. The van der Waals surface area contributed by atoms with E-state index < -0.39 is 0 Å². The van der Waals surface area contributed by atoms with Gasteiger partial charge in [0.1, 0.15) is 0 Å². The molecule has 4 nitrogen and oxygen atoms in total. The maximum atomic E-state index is 11.0. The Morgan fingerprint density at radius 2 is 0.731 bits per heavy atom. The number of carbonyl (C=O) groups is 2. The van der Waals surface area contributed by atoms with Crippen molar-refractivity contribution >= 4 is 11.9 Å².